The molecule has 1 aromatic rings. The van der Waals surface area contributed by atoms with Crippen molar-refractivity contribution in [3.63, 3.8) is 0 Å². The van der Waals surface area contributed by atoms with Gasteiger partial charge in [0.2, 0.25) is 0 Å². The van der Waals surface area contributed by atoms with Crippen LogP contribution in [0, 0.1) is 0 Å². The van der Waals surface area contributed by atoms with Gasteiger partial charge in [-0.25, -0.2) is 0 Å². The Kier molecular flexibility index (Phi) is 1.94. The van der Waals surface area contributed by atoms with E-state index in [1.54, 1.807) is 0 Å². The molecule has 0 atom stereocenters. The summed E-state index contributed by atoms with van der Waals surface area (Å²) < 4.78 is 0. The van der Waals surface area contributed by atoms with Crippen LogP contribution >= 0.6 is 0 Å². The van der Waals surface area contributed by atoms with Crippen LogP contribution < -0.4 is 5.46 Å². The largest absolute Gasteiger partial charge is 0.114 e. The van der Waals surface area contributed by atoms with E-state index in [2.05, 4.69) is 13.0 Å². The first-order valence-electron chi connectivity index (χ1n) is 3.18. The van der Waals surface area contributed by atoms with E-state index in [0.717, 1.165) is 11.9 Å². The molecule has 1 aromatic carbocycles. The third-order valence-corrected chi connectivity index (χ3v) is 1.44. The summed E-state index contributed by atoms with van der Waals surface area (Å²) in [6.07, 6.45) is 1.02. The smallest absolute Gasteiger partial charge is 0.0935 e. The average Bonchev–Trinajstić information content (AvgIpc) is 1.89. The van der Waals surface area contributed by atoms with Crippen molar-refractivity contribution in [3.8, 4) is 0 Å². The molecule has 0 aromatic heterocycles. The van der Waals surface area contributed by atoms with Gasteiger partial charge in [-0.2, -0.15) is 0 Å². The van der Waals surface area contributed by atoms with Gasteiger partial charge in [0.1, 0.15) is 7.85 Å². The molecule has 0 spiro atoms. The zero-order chi connectivity index (χ0) is 6.69. The van der Waals surface area contributed by atoms with Gasteiger partial charge in [0, 0.05) is 0 Å². The highest BCUT2D eigenvalue weighted by atomic mass is 13.9. The minimum Gasteiger partial charge on any atom is -0.0935 e. The summed E-state index contributed by atoms with van der Waals surface area (Å²) in [5, 5.41) is 0. The van der Waals surface area contributed by atoms with E-state index in [9.17, 15) is 0 Å². The molecule has 2 radical (unpaired) electrons. The molecule has 1 rings (SSSR count). The van der Waals surface area contributed by atoms with Crippen molar-refractivity contribution in [2.45, 2.75) is 13.3 Å². The lowest BCUT2D eigenvalue weighted by atomic mass is 9.90. The van der Waals surface area contributed by atoms with Gasteiger partial charge in [-0.15, -0.1) is 0 Å². The number of hydrogen-bond donors (Lipinski definition) is 0. The van der Waals surface area contributed by atoms with Crippen molar-refractivity contribution in [2.75, 3.05) is 0 Å². The van der Waals surface area contributed by atoms with E-state index in [0.29, 0.717) is 0 Å². The summed E-state index contributed by atoms with van der Waals surface area (Å²) in [5.74, 6) is 0. The number of aryl methyl sites for hydroxylation is 1. The fourth-order valence-electron chi connectivity index (χ4n) is 0.856. The maximum absolute atomic E-state index is 5.63. The summed E-state index contributed by atoms with van der Waals surface area (Å²) in [4.78, 5) is 0. The molecule has 0 N–H and O–H groups in total. The van der Waals surface area contributed by atoms with E-state index in [-0.39, 0.29) is 0 Å². The van der Waals surface area contributed by atoms with Gasteiger partial charge in [0.25, 0.3) is 0 Å². The fourth-order valence-corrected chi connectivity index (χ4v) is 0.856. The number of hydrogen-bond acceptors (Lipinski definition) is 0. The monoisotopic (exact) mass is 116 g/mol. The summed E-state index contributed by atoms with van der Waals surface area (Å²) in [7, 11) is 5.63. The van der Waals surface area contributed by atoms with Crippen LogP contribution in [0.15, 0.2) is 24.3 Å². The molecule has 0 saturated carbocycles. The van der Waals surface area contributed by atoms with Crippen LogP contribution in [-0.4, -0.2) is 7.85 Å². The van der Waals surface area contributed by atoms with Crippen molar-refractivity contribution >= 4 is 13.3 Å². The summed E-state index contributed by atoms with van der Waals surface area (Å²) in [6.45, 7) is 2.10. The first kappa shape index (κ1) is 6.41. The second-order valence-corrected chi connectivity index (χ2v) is 2.05. The second kappa shape index (κ2) is 2.72. The predicted octanol–water partition coefficient (Wildman–Crippen LogP) is 1.04. The van der Waals surface area contributed by atoms with E-state index >= 15 is 0 Å². The summed E-state index contributed by atoms with van der Waals surface area (Å²) in [5.41, 5.74) is 2.14. The minimum atomic E-state index is 0.903. The Morgan fingerprint density at radius 3 is 2.44 bits per heavy atom. The second-order valence-electron chi connectivity index (χ2n) is 2.05. The van der Waals surface area contributed by atoms with Gasteiger partial charge in [-0.05, 0) is 6.42 Å². The number of rotatable bonds is 1. The normalized spacial score (nSPS) is 9.44. The third kappa shape index (κ3) is 1.35. The molecule has 0 heterocycles. The SMILES string of the molecule is [B]c1ccccc1CC. The minimum absolute atomic E-state index is 0.903. The number of benzene rings is 1. The van der Waals surface area contributed by atoms with Crippen LogP contribution in [0.5, 0.6) is 0 Å². The van der Waals surface area contributed by atoms with Gasteiger partial charge in [0.05, 0.1) is 0 Å². The third-order valence-electron chi connectivity index (χ3n) is 1.44. The van der Waals surface area contributed by atoms with Crippen LogP contribution in [-0.2, 0) is 6.42 Å². The Balaban J connectivity index is 3.01. The first-order chi connectivity index (χ1) is 4.34. The molecular formula is C8H9B. The summed E-state index contributed by atoms with van der Waals surface area (Å²) >= 11 is 0. The van der Waals surface area contributed by atoms with Crippen LogP contribution in [0.1, 0.15) is 12.5 Å². The Bertz CT molecular complexity index is 194. The van der Waals surface area contributed by atoms with Crippen molar-refractivity contribution in [2.24, 2.45) is 0 Å². The van der Waals surface area contributed by atoms with Crippen molar-refractivity contribution < 1.29 is 0 Å². The molecule has 0 fully saturated rings. The van der Waals surface area contributed by atoms with Gasteiger partial charge in [-0.3, -0.25) is 0 Å². The molecule has 0 saturated heterocycles. The molecule has 0 unspecified atom stereocenters. The van der Waals surface area contributed by atoms with Crippen LogP contribution in [0.25, 0.3) is 0 Å². The Hall–Kier alpha value is -0.715. The van der Waals surface area contributed by atoms with E-state index in [1.165, 1.54) is 5.56 Å². The predicted molar refractivity (Wildman–Crippen MR) is 41.2 cm³/mol. The molecule has 0 aliphatic carbocycles. The first-order valence-corrected chi connectivity index (χ1v) is 3.18. The molecule has 0 amide bonds. The molecule has 0 nitrogen and oxygen atoms in total. The standard InChI is InChI=1S/C8H9B/c1-2-7-5-3-4-6-8(7)9/h3-6H,2H2,1H3. The average molecular weight is 116 g/mol. The van der Waals surface area contributed by atoms with Crippen molar-refractivity contribution in [1.82, 2.24) is 0 Å². The Morgan fingerprint density at radius 1 is 1.33 bits per heavy atom. The van der Waals surface area contributed by atoms with Crippen molar-refractivity contribution in [3.05, 3.63) is 29.8 Å². The van der Waals surface area contributed by atoms with Crippen LogP contribution in [0.2, 0.25) is 0 Å². The zero-order valence-corrected chi connectivity index (χ0v) is 5.59. The van der Waals surface area contributed by atoms with Gasteiger partial charge in [0.15, 0.2) is 0 Å². The highest BCUT2D eigenvalue weighted by Crippen LogP contribution is 1.93. The lowest BCUT2D eigenvalue weighted by Crippen LogP contribution is -2.07. The van der Waals surface area contributed by atoms with E-state index < -0.39 is 0 Å². The Morgan fingerprint density at radius 2 is 2.00 bits per heavy atom. The van der Waals surface area contributed by atoms with Crippen molar-refractivity contribution in [1.29, 1.82) is 0 Å². The fraction of sp³-hybridized carbons (Fsp3) is 0.250. The molecule has 1 heteroatoms. The van der Waals surface area contributed by atoms with Gasteiger partial charge < -0.3 is 0 Å². The maximum Gasteiger partial charge on any atom is 0.114 e. The lowest BCUT2D eigenvalue weighted by Gasteiger charge is -1.99. The van der Waals surface area contributed by atoms with Gasteiger partial charge in [-0.1, -0.05) is 42.2 Å². The van der Waals surface area contributed by atoms with E-state index in [4.69, 9.17) is 7.85 Å². The zero-order valence-electron chi connectivity index (χ0n) is 5.59. The summed E-state index contributed by atoms with van der Waals surface area (Å²) in [6, 6.07) is 7.94. The quantitative estimate of drug-likeness (QED) is 0.481. The maximum atomic E-state index is 5.63. The Labute approximate surface area is 57.3 Å². The lowest BCUT2D eigenvalue weighted by molar-refractivity contribution is 1.15. The highest BCUT2D eigenvalue weighted by molar-refractivity contribution is 6.33. The van der Waals surface area contributed by atoms with E-state index in [1.807, 2.05) is 18.2 Å². The van der Waals surface area contributed by atoms with Gasteiger partial charge >= 0.3 is 0 Å². The van der Waals surface area contributed by atoms with Crippen LogP contribution in [0.4, 0.5) is 0 Å². The molecule has 0 aliphatic heterocycles. The molecular weight excluding hydrogens is 107 g/mol. The molecule has 9 heavy (non-hydrogen) atoms. The van der Waals surface area contributed by atoms with Crippen LogP contribution in [0.3, 0.4) is 0 Å². The highest BCUT2D eigenvalue weighted by Gasteiger charge is 1.89. The molecule has 0 bridgehead atoms. The molecule has 0 aliphatic rings. The topological polar surface area (TPSA) is 0 Å². The molecule has 44 valence electrons.